The molecule has 3 aliphatic rings. The summed E-state index contributed by atoms with van der Waals surface area (Å²) in [5.41, 5.74) is 2.55. The summed E-state index contributed by atoms with van der Waals surface area (Å²) in [7, 11) is 3.30. The van der Waals surface area contributed by atoms with E-state index >= 15 is 0 Å². The van der Waals surface area contributed by atoms with Crippen molar-refractivity contribution in [1.29, 1.82) is 0 Å². The molecule has 0 heterocycles. The van der Waals surface area contributed by atoms with Gasteiger partial charge in [-0.3, -0.25) is 0 Å². The number of hydrogen-bond acceptors (Lipinski definition) is 5. The Bertz CT molecular complexity index is 662. The fraction of sp³-hybridized carbons (Fsp3) is 0.727. The van der Waals surface area contributed by atoms with Crippen LogP contribution in [-0.2, 0) is 14.2 Å². The predicted octanol–water partition coefficient (Wildman–Crippen LogP) is 4.01. The smallest absolute Gasteiger partial charge is 0.188 e. The Morgan fingerprint density at radius 3 is 2.67 bits per heavy atom. The van der Waals surface area contributed by atoms with E-state index in [2.05, 4.69) is 13.0 Å². The molecule has 4 unspecified atom stereocenters. The van der Waals surface area contributed by atoms with Crippen molar-refractivity contribution < 1.29 is 24.1 Å². The SMILES string of the molecule is COCOc1ccc2c(c1)C(O)CC1C2CC[C@@]2(C)C1CC[C@@H]2OCOC. The van der Waals surface area contributed by atoms with Crippen LogP contribution in [0.1, 0.15) is 62.2 Å². The maximum atomic E-state index is 10.9. The van der Waals surface area contributed by atoms with Crippen LogP contribution in [0.15, 0.2) is 18.2 Å². The highest BCUT2D eigenvalue weighted by Gasteiger charge is 2.56. The number of methoxy groups -OCH3 is 2. The molecule has 0 aliphatic heterocycles. The average molecular weight is 376 g/mol. The van der Waals surface area contributed by atoms with Crippen molar-refractivity contribution >= 4 is 0 Å². The van der Waals surface area contributed by atoms with Crippen LogP contribution in [-0.4, -0.2) is 39.0 Å². The number of hydrogen-bond donors (Lipinski definition) is 1. The number of aliphatic hydroxyl groups is 1. The van der Waals surface area contributed by atoms with Crippen LogP contribution in [0.3, 0.4) is 0 Å². The molecule has 1 N–H and O–H groups in total. The van der Waals surface area contributed by atoms with E-state index in [0.717, 1.165) is 30.6 Å². The lowest BCUT2D eigenvalue weighted by molar-refractivity contribution is -0.127. The zero-order valence-electron chi connectivity index (χ0n) is 16.6. The Balaban J connectivity index is 1.57. The van der Waals surface area contributed by atoms with E-state index in [-0.39, 0.29) is 18.3 Å². The summed E-state index contributed by atoms with van der Waals surface area (Å²) < 4.78 is 21.8. The first kappa shape index (κ1) is 19.2. The van der Waals surface area contributed by atoms with Crippen molar-refractivity contribution in [2.45, 2.75) is 57.2 Å². The van der Waals surface area contributed by atoms with Gasteiger partial charge in [0.1, 0.15) is 12.5 Å². The maximum Gasteiger partial charge on any atom is 0.188 e. The van der Waals surface area contributed by atoms with E-state index in [9.17, 15) is 5.11 Å². The number of benzene rings is 1. The Kier molecular flexibility index (Phi) is 5.48. The Morgan fingerprint density at radius 2 is 1.89 bits per heavy atom. The third kappa shape index (κ3) is 3.29. The molecule has 4 rings (SSSR count). The highest BCUT2D eigenvalue weighted by atomic mass is 16.7. The Hall–Kier alpha value is -1.14. The standard InChI is InChI=1S/C22H32O5/c1-22-9-8-16-15-5-4-14(26-12-24-2)10-18(15)20(23)11-17(16)19(22)6-7-21(22)27-13-25-3/h4-5,10,16-17,19-21,23H,6-9,11-13H2,1-3H3/t16?,17?,19?,20?,21-,22-/m0/s1. The van der Waals surface area contributed by atoms with Gasteiger partial charge in [0.2, 0.25) is 0 Å². The molecule has 3 aliphatic carbocycles. The molecular weight excluding hydrogens is 344 g/mol. The molecule has 2 saturated carbocycles. The van der Waals surface area contributed by atoms with E-state index in [1.54, 1.807) is 14.2 Å². The van der Waals surface area contributed by atoms with E-state index in [1.807, 2.05) is 12.1 Å². The molecular formula is C22H32O5. The topological polar surface area (TPSA) is 57.2 Å². The van der Waals surface area contributed by atoms with E-state index < -0.39 is 6.10 Å². The molecule has 2 fully saturated rings. The number of rotatable bonds is 6. The summed E-state index contributed by atoms with van der Waals surface area (Å²) >= 11 is 0. The predicted molar refractivity (Wildman–Crippen MR) is 102 cm³/mol. The Labute approximate surface area is 162 Å². The minimum atomic E-state index is -0.423. The van der Waals surface area contributed by atoms with Crippen LogP contribution >= 0.6 is 0 Å². The van der Waals surface area contributed by atoms with Gasteiger partial charge >= 0.3 is 0 Å². The molecule has 1 aromatic rings. The summed E-state index contributed by atoms with van der Waals surface area (Å²) in [5.74, 6) is 2.42. The number of ether oxygens (including phenoxy) is 4. The van der Waals surface area contributed by atoms with Crippen LogP contribution in [0.25, 0.3) is 0 Å². The monoisotopic (exact) mass is 376 g/mol. The van der Waals surface area contributed by atoms with Gasteiger partial charge in [-0.2, -0.15) is 0 Å². The van der Waals surface area contributed by atoms with Crippen LogP contribution < -0.4 is 4.74 Å². The minimum absolute atomic E-state index is 0.193. The summed E-state index contributed by atoms with van der Waals surface area (Å²) in [6.45, 7) is 2.99. The van der Waals surface area contributed by atoms with Crippen molar-refractivity contribution in [2.24, 2.45) is 17.3 Å². The highest BCUT2D eigenvalue weighted by Crippen LogP contribution is 2.62. The largest absolute Gasteiger partial charge is 0.468 e. The molecule has 1 aromatic carbocycles. The summed E-state index contributed by atoms with van der Waals surface area (Å²) in [6, 6.07) is 6.18. The zero-order valence-corrected chi connectivity index (χ0v) is 16.6. The van der Waals surface area contributed by atoms with Crippen molar-refractivity contribution in [3.63, 3.8) is 0 Å². The normalized spacial score (nSPS) is 37.4. The summed E-state index contributed by atoms with van der Waals surface area (Å²) in [4.78, 5) is 0. The molecule has 0 amide bonds. The van der Waals surface area contributed by atoms with Gasteiger partial charge in [-0.25, -0.2) is 0 Å². The van der Waals surface area contributed by atoms with E-state index in [1.165, 1.54) is 18.4 Å². The van der Waals surface area contributed by atoms with Crippen molar-refractivity contribution in [2.75, 3.05) is 27.8 Å². The maximum absolute atomic E-state index is 10.9. The minimum Gasteiger partial charge on any atom is -0.468 e. The molecule has 0 saturated heterocycles. The van der Waals surface area contributed by atoms with Crippen molar-refractivity contribution in [3.8, 4) is 5.75 Å². The van der Waals surface area contributed by atoms with Crippen LogP contribution in [0.4, 0.5) is 0 Å². The highest BCUT2D eigenvalue weighted by molar-refractivity contribution is 5.42. The van der Waals surface area contributed by atoms with Gasteiger partial charge in [0, 0.05) is 14.2 Å². The van der Waals surface area contributed by atoms with Gasteiger partial charge in [-0.1, -0.05) is 13.0 Å². The molecule has 150 valence electrons. The number of fused-ring (bicyclic) bond motifs is 5. The van der Waals surface area contributed by atoms with Gasteiger partial charge in [0.15, 0.2) is 6.79 Å². The van der Waals surface area contributed by atoms with Crippen LogP contribution in [0, 0.1) is 17.3 Å². The molecule has 0 bridgehead atoms. The molecule has 5 nitrogen and oxygen atoms in total. The second-order valence-electron chi connectivity index (χ2n) is 8.65. The van der Waals surface area contributed by atoms with Crippen LogP contribution in [0.5, 0.6) is 5.75 Å². The summed E-state index contributed by atoms with van der Waals surface area (Å²) in [6.07, 6.45) is 5.29. The van der Waals surface area contributed by atoms with E-state index in [0.29, 0.717) is 24.5 Å². The van der Waals surface area contributed by atoms with Crippen molar-refractivity contribution in [3.05, 3.63) is 29.3 Å². The van der Waals surface area contributed by atoms with Crippen molar-refractivity contribution in [1.82, 2.24) is 0 Å². The van der Waals surface area contributed by atoms with E-state index in [4.69, 9.17) is 18.9 Å². The molecule has 5 heteroatoms. The van der Waals surface area contributed by atoms with Gasteiger partial charge in [-0.15, -0.1) is 0 Å². The summed E-state index contributed by atoms with van der Waals surface area (Å²) in [5, 5.41) is 10.9. The zero-order chi connectivity index (χ0) is 19.0. The average Bonchev–Trinajstić information content (AvgIpc) is 3.01. The molecule has 27 heavy (non-hydrogen) atoms. The lowest BCUT2D eigenvalue weighted by Crippen LogP contribution is -2.45. The Morgan fingerprint density at radius 1 is 1.07 bits per heavy atom. The molecule has 0 spiro atoms. The van der Waals surface area contributed by atoms with Gasteiger partial charge in [0.25, 0.3) is 0 Å². The fourth-order valence-corrected chi connectivity index (χ4v) is 6.16. The van der Waals surface area contributed by atoms with Gasteiger partial charge in [-0.05, 0) is 78.5 Å². The quantitative estimate of drug-likeness (QED) is 0.761. The second kappa shape index (κ2) is 7.70. The first-order chi connectivity index (χ1) is 13.1. The lowest BCUT2D eigenvalue weighted by Gasteiger charge is -2.51. The third-order valence-corrected chi connectivity index (χ3v) is 7.39. The lowest BCUT2D eigenvalue weighted by atomic mass is 9.55. The van der Waals surface area contributed by atoms with Gasteiger partial charge in [0.05, 0.1) is 12.2 Å². The molecule has 0 radical (unpaired) electrons. The van der Waals surface area contributed by atoms with Gasteiger partial charge < -0.3 is 24.1 Å². The molecule has 6 atom stereocenters. The second-order valence-corrected chi connectivity index (χ2v) is 8.65. The fourth-order valence-electron chi connectivity index (χ4n) is 6.16. The first-order valence-electron chi connectivity index (χ1n) is 10.1. The number of aliphatic hydroxyl groups excluding tert-OH is 1. The first-order valence-corrected chi connectivity index (χ1v) is 10.1. The molecule has 0 aromatic heterocycles. The van der Waals surface area contributed by atoms with Crippen LogP contribution in [0.2, 0.25) is 0 Å². The third-order valence-electron chi connectivity index (χ3n) is 7.39.